The summed E-state index contributed by atoms with van der Waals surface area (Å²) < 4.78 is 6.57. The lowest BCUT2D eigenvalue weighted by Crippen LogP contribution is -2.50. The van der Waals surface area contributed by atoms with Crippen molar-refractivity contribution in [2.75, 3.05) is 19.7 Å². The number of rotatable bonds is 2. The highest BCUT2D eigenvalue weighted by molar-refractivity contribution is 7.21. The molecule has 6 heteroatoms. The molecule has 0 bridgehead atoms. The fraction of sp³-hybridized carbons (Fsp3) is 0.400. The van der Waals surface area contributed by atoms with Gasteiger partial charge in [-0.25, -0.2) is 0 Å². The van der Waals surface area contributed by atoms with Crippen molar-refractivity contribution < 1.29 is 14.6 Å². The Bertz CT molecular complexity index is 672. The van der Waals surface area contributed by atoms with Crippen molar-refractivity contribution >= 4 is 38.9 Å². The van der Waals surface area contributed by atoms with Crippen molar-refractivity contribution in [1.82, 2.24) is 4.90 Å². The Morgan fingerprint density at radius 3 is 2.95 bits per heavy atom. The van der Waals surface area contributed by atoms with Crippen LogP contribution in [0.15, 0.2) is 24.3 Å². The SMILES string of the molecule is CC1CN(C(=O)c2sc3ccccc3c2Cl)CC(CO)O1. The number of hydrogen-bond donors (Lipinski definition) is 1. The normalized spacial score (nSPS) is 22.7. The smallest absolute Gasteiger partial charge is 0.265 e. The summed E-state index contributed by atoms with van der Waals surface area (Å²) in [5, 5.41) is 10.7. The predicted octanol–water partition coefficient (Wildman–Crippen LogP) is 2.78. The Kier molecular flexibility index (Phi) is 4.17. The lowest BCUT2D eigenvalue weighted by atomic mass is 10.2. The molecule has 0 saturated carbocycles. The Hall–Kier alpha value is -1.14. The molecule has 1 fully saturated rings. The summed E-state index contributed by atoms with van der Waals surface area (Å²) in [6.45, 7) is 2.72. The molecule has 1 aromatic heterocycles. The van der Waals surface area contributed by atoms with Crippen molar-refractivity contribution in [3.8, 4) is 0 Å². The summed E-state index contributed by atoms with van der Waals surface area (Å²) in [7, 11) is 0. The van der Waals surface area contributed by atoms with E-state index in [0.29, 0.717) is 23.0 Å². The molecule has 2 heterocycles. The molecule has 2 unspecified atom stereocenters. The van der Waals surface area contributed by atoms with E-state index in [4.69, 9.17) is 16.3 Å². The van der Waals surface area contributed by atoms with Gasteiger partial charge in [-0.05, 0) is 13.0 Å². The highest BCUT2D eigenvalue weighted by Crippen LogP contribution is 2.36. The molecule has 112 valence electrons. The van der Waals surface area contributed by atoms with Gasteiger partial charge < -0.3 is 14.7 Å². The molecule has 0 aliphatic carbocycles. The number of ether oxygens (including phenoxy) is 1. The number of thiophene rings is 1. The summed E-state index contributed by atoms with van der Waals surface area (Å²) in [6, 6.07) is 7.72. The van der Waals surface area contributed by atoms with Gasteiger partial charge in [0.1, 0.15) is 4.88 Å². The predicted molar refractivity (Wildman–Crippen MR) is 84.2 cm³/mol. The van der Waals surface area contributed by atoms with E-state index in [-0.39, 0.29) is 24.7 Å². The third-order valence-corrected chi connectivity index (χ3v) is 5.21. The van der Waals surface area contributed by atoms with Crippen molar-refractivity contribution in [1.29, 1.82) is 0 Å². The third-order valence-electron chi connectivity index (χ3n) is 3.55. The van der Waals surface area contributed by atoms with E-state index in [9.17, 15) is 9.90 Å². The average molecular weight is 326 g/mol. The fourth-order valence-corrected chi connectivity index (χ4v) is 4.09. The van der Waals surface area contributed by atoms with Crippen LogP contribution in [-0.2, 0) is 4.74 Å². The Balaban J connectivity index is 1.91. The Labute approximate surface area is 131 Å². The molecule has 2 aromatic rings. The number of hydrogen-bond acceptors (Lipinski definition) is 4. The number of amides is 1. The van der Waals surface area contributed by atoms with Gasteiger partial charge in [-0.1, -0.05) is 29.8 Å². The van der Waals surface area contributed by atoms with E-state index in [1.54, 1.807) is 4.90 Å². The number of carbonyl (C=O) groups excluding carboxylic acids is 1. The molecule has 1 aromatic carbocycles. The van der Waals surface area contributed by atoms with Crippen LogP contribution in [0.25, 0.3) is 10.1 Å². The van der Waals surface area contributed by atoms with Gasteiger partial charge in [-0.15, -0.1) is 11.3 Å². The van der Waals surface area contributed by atoms with E-state index in [1.165, 1.54) is 11.3 Å². The monoisotopic (exact) mass is 325 g/mol. The second-order valence-corrected chi connectivity index (χ2v) is 6.63. The van der Waals surface area contributed by atoms with Crippen molar-refractivity contribution in [2.45, 2.75) is 19.1 Å². The van der Waals surface area contributed by atoms with Gasteiger partial charge >= 0.3 is 0 Å². The van der Waals surface area contributed by atoms with Crippen LogP contribution in [0.5, 0.6) is 0 Å². The summed E-state index contributed by atoms with van der Waals surface area (Å²) >= 11 is 7.77. The topological polar surface area (TPSA) is 49.8 Å². The molecule has 0 spiro atoms. The van der Waals surface area contributed by atoms with E-state index < -0.39 is 0 Å². The largest absolute Gasteiger partial charge is 0.394 e. The van der Waals surface area contributed by atoms with Crippen LogP contribution < -0.4 is 0 Å². The maximum atomic E-state index is 12.7. The summed E-state index contributed by atoms with van der Waals surface area (Å²) in [4.78, 5) is 15.0. The standard InChI is InChI=1S/C15H16ClNO3S/c1-9-6-17(7-10(8-18)20-9)15(19)14-13(16)11-4-2-3-5-12(11)21-14/h2-5,9-10,18H,6-8H2,1H3. The first kappa shape index (κ1) is 14.8. The molecule has 1 amide bonds. The van der Waals surface area contributed by atoms with Crippen LogP contribution >= 0.6 is 22.9 Å². The highest BCUT2D eigenvalue weighted by atomic mass is 35.5. The molecule has 0 radical (unpaired) electrons. The first-order valence-corrected chi connectivity index (χ1v) is 8.02. The van der Waals surface area contributed by atoms with Gasteiger partial charge in [0.15, 0.2) is 0 Å². The van der Waals surface area contributed by atoms with Crippen molar-refractivity contribution in [2.24, 2.45) is 0 Å². The van der Waals surface area contributed by atoms with Crippen LogP contribution in [0.1, 0.15) is 16.6 Å². The number of fused-ring (bicyclic) bond motifs is 1. The zero-order valence-electron chi connectivity index (χ0n) is 11.6. The highest BCUT2D eigenvalue weighted by Gasteiger charge is 2.30. The Morgan fingerprint density at radius 2 is 2.24 bits per heavy atom. The molecule has 3 rings (SSSR count). The minimum absolute atomic E-state index is 0.0881. The summed E-state index contributed by atoms with van der Waals surface area (Å²) in [5.41, 5.74) is 0. The number of aliphatic hydroxyl groups excluding tert-OH is 1. The molecule has 4 nitrogen and oxygen atoms in total. The first-order valence-electron chi connectivity index (χ1n) is 6.82. The molecule has 1 saturated heterocycles. The van der Waals surface area contributed by atoms with Crippen molar-refractivity contribution in [3.63, 3.8) is 0 Å². The zero-order chi connectivity index (χ0) is 15.0. The molecule has 1 aliphatic rings. The van der Waals surface area contributed by atoms with Gasteiger partial charge in [0.05, 0.1) is 23.8 Å². The van der Waals surface area contributed by atoms with Crippen molar-refractivity contribution in [3.05, 3.63) is 34.2 Å². The lowest BCUT2D eigenvalue weighted by Gasteiger charge is -2.35. The molecular formula is C15H16ClNO3S. The lowest BCUT2D eigenvalue weighted by molar-refractivity contribution is -0.0857. The molecule has 21 heavy (non-hydrogen) atoms. The second-order valence-electron chi connectivity index (χ2n) is 5.20. The Morgan fingerprint density at radius 1 is 1.48 bits per heavy atom. The van der Waals surface area contributed by atoms with Gasteiger partial charge in [-0.2, -0.15) is 0 Å². The number of benzene rings is 1. The third kappa shape index (κ3) is 2.79. The van der Waals surface area contributed by atoms with Gasteiger partial charge in [0.2, 0.25) is 0 Å². The average Bonchev–Trinajstić information content (AvgIpc) is 2.83. The minimum atomic E-state index is -0.328. The number of halogens is 1. The van der Waals surface area contributed by atoms with Gasteiger partial charge in [0.25, 0.3) is 5.91 Å². The van der Waals surface area contributed by atoms with E-state index in [0.717, 1.165) is 10.1 Å². The van der Waals surface area contributed by atoms with Crippen LogP contribution in [0, 0.1) is 0 Å². The van der Waals surface area contributed by atoms with Gasteiger partial charge in [0, 0.05) is 23.2 Å². The quantitative estimate of drug-likeness (QED) is 0.923. The van der Waals surface area contributed by atoms with E-state index >= 15 is 0 Å². The van der Waals surface area contributed by atoms with E-state index in [1.807, 2.05) is 31.2 Å². The molecule has 2 atom stereocenters. The zero-order valence-corrected chi connectivity index (χ0v) is 13.2. The molecule has 1 aliphatic heterocycles. The number of morpholine rings is 1. The first-order chi connectivity index (χ1) is 10.1. The molecule has 1 N–H and O–H groups in total. The number of nitrogens with zero attached hydrogens (tertiary/aromatic N) is 1. The second kappa shape index (κ2) is 5.93. The summed E-state index contributed by atoms with van der Waals surface area (Å²) in [5.74, 6) is -0.0881. The number of carbonyl (C=O) groups is 1. The van der Waals surface area contributed by atoms with Crippen LogP contribution in [0.2, 0.25) is 5.02 Å². The van der Waals surface area contributed by atoms with Crippen LogP contribution in [-0.4, -0.2) is 47.8 Å². The molecular weight excluding hydrogens is 310 g/mol. The van der Waals surface area contributed by atoms with Crippen LogP contribution in [0.3, 0.4) is 0 Å². The maximum Gasteiger partial charge on any atom is 0.265 e. The maximum absolute atomic E-state index is 12.7. The van der Waals surface area contributed by atoms with Crippen LogP contribution in [0.4, 0.5) is 0 Å². The minimum Gasteiger partial charge on any atom is -0.394 e. The fourth-order valence-electron chi connectivity index (χ4n) is 2.61. The van der Waals surface area contributed by atoms with E-state index in [2.05, 4.69) is 0 Å². The van der Waals surface area contributed by atoms with Gasteiger partial charge in [-0.3, -0.25) is 4.79 Å². The number of aliphatic hydroxyl groups is 1. The summed E-state index contributed by atoms with van der Waals surface area (Å²) in [6.07, 6.45) is -0.418.